The lowest BCUT2D eigenvalue weighted by molar-refractivity contribution is 0.0793. The lowest BCUT2D eigenvalue weighted by Gasteiger charge is -2.17. The van der Waals surface area contributed by atoms with E-state index in [9.17, 15) is 9.59 Å². The summed E-state index contributed by atoms with van der Waals surface area (Å²) < 4.78 is 12.5. The van der Waals surface area contributed by atoms with Gasteiger partial charge >= 0.3 is 0 Å². The number of carbonyl (C=O) groups excluding carboxylic acids is 1. The first-order chi connectivity index (χ1) is 17.6. The van der Waals surface area contributed by atoms with Crippen molar-refractivity contribution < 1.29 is 14.3 Å². The normalized spacial score (nSPS) is 12.9. The Bertz CT molecular complexity index is 1410. The molecule has 1 aromatic heterocycles. The molecule has 0 bridgehead atoms. The number of nitrogens with zero attached hydrogens (tertiary/aromatic N) is 3. The van der Waals surface area contributed by atoms with Crippen molar-refractivity contribution in [3.05, 3.63) is 101 Å². The first kappa shape index (κ1) is 23.2. The van der Waals surface area contributed by atoms with Crippen molar-refractivity contribution in [3.63, 3.8) is 0 Å². The van der Waals surface area contributed by atoms with Crippen LogP contribution in [0.5, 0.6) is 17.2 Å². The van der Waals surface area contributed by atoms with Crippen LogP contribution < -0.4 is 20.3 Å². The SMILES string of the molecule is COc1ccc(-n2ncc(Oc3ccccc3)c(Nc3cccc(C(=O)N4CCCC4)c3)c2=O)cc1. The van der Waals surface area contributed by atoms with Crippen LogP contribution in [0.1, 0.15) is 23.2 Å². The number of ether oxygens (including phenoxy) is 2. The van der Waals surface area contributed by atoms with E-state index in [1.54, 1.807) is 61.7 Å². The third-order valence-corrected chi connectivity index (χ3v) is 6.00. The van der Waals surface area contributed by atoms with E-state index in [4.69, 9.17) is 9.47 Å². The van der Waals surface area contributed by atoms with Crippen molar-refractivity contribution in [1.29, 1.82) is 0 Å². The smallest absolute Gasteiger partial charge is 0.299 e. The van der Waals surface area contributed by atoms with Crippen LogP contribution in [0.15, 0.2) is 89.9 Å². The van der Waals surface area contributed by atoms with Gasteiger partial charge in [-0.1, -0.05) is 24.3 Å². The lowest BCUT2D eigenvalue weighted by atomic mass is 10.1. The quantitative estimate of drug-likeness (QED) is 0.398. The molecule has 1 aliphatic rings. The number of benzene rings is 3. The third-order valence-electron chi connectivity index (χ3n) is 6.00. The molecule has 0 saturated carbocycles. The monoisotopic (exact) mass is 482 g/mol. The number of rotatable bonds is 7. The summed E-state index contributed by atoms with van der Waals surface area (Å²) in [4.78, 5) is 28.4. The number of carbonyl (C=O) groups is 1. The second-order valence-electron chi connectivity index (χ2n) is 8.42. The summed E-state index contributed by atoms with van der Waals surface area (Å²) in [5, 5.41) is 7.52. The molecule has 1 amide bonds. The van der Waals surface area contributed by atoms with Gasteiger partial charge in [0.25, 0.3) is 11.5 Å². The van der Waals surface area contributed by atoms with Crippen LogP contribution in [0.25, 0.3) is 5.69 Å². The Morgan fingerprint density at radius 1 is 0.917 bits per heavy atom. The minimum Gasteiger partial charge on any atom is -0.497 e. The fourth-order valence-corrected chi connectivity index (χ4v) is 4.13. The van der Waals surface area contributed by atoms with Gasteiger partial charge in [0, 0.05) is 24.3 Å². The highest BCUT2D eigenvalue weighted by Crippen LogP contribution is 2.29. The average Bonchev–Trinajstić information content (AvgIpc) is 3.46. The van der Waals surface area contributed by atoms with Gasteiger partial charge in [-0.25, -0.2) is 0 Å². The van der Waals surface area contributed by atoms with Gasteiger partial charge in [-0.2, -0.15) is 9.78 Å². The molecule has 0 aliphatic carbocycles. The second-order valence-corrected chi connectivity index (χ2v) is 8.42. The summed E-state index contributed by atoms with van der Waals surface area (Å²) in [7, 11) is 1.58. The van der Waals surface area contributed by atoms with E-state index in [2.05, 4.69) is 10.4 Å². The maximum absolute atomic E-state index is 13.6. The lowest BCUT2D eigenvalue weighted by Crippen LogP contribution is -2.27. The van der Waals surface area contributed by atoms with Gasteiger partial charge in [0.1, 0.15) is 11.5 Å². The molecule has 5 rings (SSSR count). The first-order valence-corrected chi connectivity index (χ1v) is 11.8. The number of aromatic nitrogens is 2. The van der Waals surface area contributed by atoms with Crippen LogP contribution in [0.2, 0.25) is 0 Å². The van der Waals surface area contributed by atoms with E-state index < -0.39 is 5.56 Å². The Morgan fingerprint density at radius 2 is 1.67 bits per heavy atom. The molecule has 0 radical (unpaired) electrons. The van der Waals surface area contributed by atoms with E-state index in [-0.39, 0.29) is 17.3 Å². The van der Waals surface area contributed by atoms with E-state index in [1.807, 2.05) is 29.2 Å². The minimum absolute atomic E-state index is 0.0118. The molecule has 8 nitrogen and oxygen atoms in total. The highest BCUT2D eigenvalue weighted by atomic mass is 16.5. The van der Waals surface area contributed by atoms with Gasteiger partial charge in [0.15, 0.2) is 11.4 Å². The predicted octanol–water partition coefficient (Wildman–Crippen LogP) is 5.01. The molecular weight excluding hydrogens is 456 g/mol. The maximum atomic E-state index is 13.6. The van der Waals surface area contributed by atoms with E-state index in [0.29, 0.717) is 28.4 Å². The molecule has 8 heteroatoms. The summed E-state index contributed by atoms with van der Waals surface area (Å²) in [6, 6.07) is 23.4. The molecule has 1 N–H and O–H groups in total. The zero-order valence-corrected chi connectivity index (χ0v) is 19.9. The molecule has 1 saturated heterocycles. The van der Waals surface area contributed by atoms with Crippen molar-refractivity contribution in [1.82, 2.24) is 14.7 Å². The van der Waals surface area contributed by atoms with Crippen LogP contribution in [0.4, 0.5) is 11.4 Å². The molecule has 4 aromatic rings. The van der Waals surface area contributed by atoms with Crippen LogP contribution in [-0.2, 0) is 0 Å². The zero-order valence-electron chi connectivity index (χ0n) is 19.9. The topological polar surface area (TPSA) is 85.7 Å². The molecule has 182 valence electrons. The molecular formula is C28H26N4O4. The van der Waals surface area contributed by atoms with Crippen molar-refractivity contribution >= 4 is 17.3 Å². The van der Waals surface area contributed by atoms with Crippen molar-refractivity contribution in [2.45, 2.75) is 12.8 Å². The molecule has 1 aliphatic heterocycles. The largest absolute Gasteiger partial charge is 0.497 e. The Morgan fingerprint density at radius 3 is 2.39 bits per heavy atom. The minimum atomic E-state index is -0.398. The van der Waals surface area contributed by atoms with Crippen LogP contribution >= 0.6 is 0 Å². The van der Waals surface area contributed by atoms with Crippen LogP contribution in [-0.4, -0.2) is 40.8 Å². The fourth-order valence-electron chi connectivity index (χ4n) is 4.13. The summed E-state index contributed by atoms with van der Waals surface area (Å²) in [6.45, 7) is 1.53. The molecule has 2 heterocycles. The van der Waals surface area contributed by atoms with E-state index in [1.165, 1.54) is 10.9 Å². The van der Waals surface area contributed by atoms with Crippen molar-refractivity contribution in [3.8, 4) is 22.9 Å². The van der Waals surface area contributed by atoms with Crippen molar-refractivity contribution in [2.75, 3.05) is 25.5 Å². The Hall–Kier alpha value is -4.59. The zero-order chi connectivity index (χ0) is 24.9. The number of likely N-dealkylation sites (tertiary alicyclic amines) is 1. The predicted molar refractivity (Wildman–Crippen MR) is 138 cm³/mol. The number of anilines is 2. The van der Waals surface area contributed by atoms with Crippen LogP contribution in [0, 0.1) is 0 Å². The summed E-state index contributed by atoms with van der Waals surface area (Å²) >= 11 is 0. The fraction of sp³-hybridized carbons (Fsp3) is 0.179. The number of para-hydroxylation sites is 1. The summed E-state index contributed by atoms with van der Waals surface area (Å²) in [5.41, 5.74) is 1.55. The standard InChI is InChI=1S/C28H26N4O4/c1-35-23-14-12-22(13-15-23)32-28(34)26(25(19-29-32)36-24-10-3-2-4-11-24)30-21-9-7-8-20(18-21)27(33)31-16-5-6-17-31/h2-4,7-15,18-19,30H,5-6,16-17H2,1H3. The molecule has 3 aromatic carbocycles. The van der Waals surface area contributed by atoms with E-state index in [0.717, 1.165) is 25.9 Å². The molecule has 0 spiro atoms. The van der Waals surface area contributed by atoms with E-state index >= 15 is 0 Å². The number of hydrogen-bond acceptors (Lipinski definition) is 6. The van der Waals surface area contributed by atoms with Crippen LogP contribution in [0.3, 0.4) is 0 Å². The number of methoxy groups -OCH3 is 1. The van der Waals surface area contributed by atoms with Gasteiger partial charge in [-0.3, -0.25) is 9.59 Å². The van der Waals surface area contributed by atoms with Crippen molar-refractivity contribution in [2.24, 2.45) is 0 Å². The average molecular weight is 483 g/mol. The van der Waals surface area contributed by atoms with Gasteiger partial charge in [-0.05, 0) is 67.4 Å². The Kier molecular flexibility index (Phi) is 6.66. The third kappa shape index (κ3) is 4.93. The van der Waals surface area contributed by atoms with Gasteiger partial charge in [0.05, 0.1) is 19.0 Å². The number of hydrogen-bond donors (Lipinski definition) is 1. The first-order valence-electron chi connectivity index (χ1n) is 11.8. The second kappa shape index (κ2) is 10.4. The van der Waals surface area contributed by atoms with Gasteiger partial charge < -0.3 is 19.7 Å². The Balaban J connectivity index is 1.52. The molecule has 1 fully saturated rings. The highest BCUT2D eigenvalue weighted by Gasteiger charge is 2.20. The molecule has 36 heavy (non-hydrogen) atoms. The number of amides is 1. The Labute approximate surface area is 208 Å². The number of nitrogens with one attached hydrogen (secondary N) is 1. The molecule has 0 unspecified atom stereocenters. The maximum Gasteiger partial charge on any atom is 0.299 e. The summed E-state index contributed by atoms with van der Waals surface area (Å²) in [5.74, 6) is 1.50. The highest BCUT2D eigenvalue weighted by molar-refractivity contribution is 5.95. The van der Waals surface area contributed by atoms with Gasteiger partial charge in [-0.15, -0.1) is 0 Å². The summed E-state index contributed by atoms with van der Waals surface area (Å²) in [6.07, 6.45) is 3.54. The van der Waals surface area contributed by atoms with Gasteiger partial charge in [0.2, 0.25) is 0 Å². The molecule has 0 atom stereocenters.